The van der Waals surface area contributed by atoms with Crippen molar-refractivity contribution in [3.8, 4) is 0 Å². The Morgan fingerprint density at radius 3 is 2.22 bits per heavy atom. The molecular weight excluding hydrogens is 481 g/mol. The molecule has 2 aromatic carbocycles. The number of hydrogen-bond donors (Lipinski definition) is 2. The molecule has 1 aromatic heterocycles. The van der Waals surface area contributed by atoms with Gasteiger partial charge >= 0.3 is 0 Å². The topological polar surface area (TPSA) is 92.1 Å². The summed E-state index contributed by atoms with van der Waals surface area (Å²) in [5.74, 6) is -1.64. The second kappa shape index (κ2) is 9.07. The van der Waals surface area contributed by atoms with Crippen molar-refractivity contribution >= 4 is 33.2 Å². The number of aromatic amines is 1. The Morgan fingerprint density at radius 2 is 1.69 bits per heavy atom. The van der Waals surface area contributed by atoms with Crippen LogP contribution in [0.2, 0.25) is 10.0 Å². The van der Waals surface area contributed by atoms with E-state index in [9.17, 15) is 17.2 Å². The van der Waals surface area contributed by atoms with Gasteiger partial charge in [-0.25, -0.2) is 22.2 Å². The third-order valence-electron chi connectivity index (χ3n) is 5.44. The maximum absolute atomic E-state index is 13.8. The van der Waals surface area contributed by atoms with Gasteiger partial charge in [0, 0.05) is 19.1 Å². The molecule has 3 aromatic rings. The van der Waals surface area contributed by atoms with E-state index in [4.69, 9.17) is 28.9 Å². The molecule has 0 spiro atoms. The Balaban J connectivity index is 1.78. The first-order chi connectivity index (χ1) is 15.2. The maximum Gasteiger partial charge on any atom is 0.260 e. The first kappa shape index (κ1) is 23.1. The highest BCUT2D eigenvalue weighted by molar-refractivity contribution is 7.89. The zero-order valence-electron chi connectivity index (χ0n) is 16.7. The fraction of sp³-hybridized carbons (Fsp3) is 0.286. The first-order valence-corrected chi connectivity index (χ1v) is 12.1. The Bertz CT molecular complexity index is 1200. The molecular formula is C21H20Cl2F2N4O2S. The number of nitrogens with two attached hydrogens (primary N) is 1. The predicted molar refractivity (Wildman–Crippen MR) is 118 cm³/mol. The number of benzene rings is 2. The van der Waals surface area contributed by atoms with Gasteiger partial charge in [-0.15, -0.1) is 0 Å². The van der Waals surface area contributed by atoms with Crippen LogP contribution in [0.3, 0.4) is 0 Å². The summed E-state index contributed by atoms with van der Waals surface area (Å²) < 4.78 is 55.0. The molecule has 1 fully saturated rings. The number of halogens is 4. The molecule has 11 heteroatoms. The van der Waals surface area contributed by atoms with Crippen molar-refractivity contribution in [2.45, 2.75) is 29.8 Å². The molecule has 4 rings (SSSR count). The van der Waals surface area contributed by atoms with Crippen LogP contribution in [0.1, 0.15) is 35.7 Å². The van der Waals surface area contributed by atoms with Gasteiger partial charge in [0.1, 0.15) is 17.5 Å². The smallest absolute Gasteiger partial charge is 0.260 e. The lowest BCUT2D eigenvalue weighted by molar-refractivity contribution is 0.315. The van der Waals surface area contributed by atoms with Gasteiger partial charge in [-0.3, -0.25) is 0 Å². The number of nitrogens with one attached hydrogen (secondary N) is 1. The van der Waals surface area contributed by atoms with Crippen LogP contribution < -0.4 is 5.73 Å². The Kier molecular flexibility index (Phi) is 6.56. The van der Waals surface area contributed by atoms with E-state index in [-0.39, 0.29) is 33.5 Å². The van der Waals surface area contributed by atoms with Crippen molar-refractivity contribution in [2.24, 2.45) is 5.73 Å². The molecule has 0 radical (unpaired) electrons. The highest BCUT2D eigenvalue weighted by Crippen LogP contribution is 2.34. The van der Waals surface area contributed by atoms with Crippen LogP contribution in [0, 0.1) is 11.6 Å². The summed E-state index contributed by atoms with van der Waals surface area (Å²) in [6.07, 6.45) is 2.67. The quantitative estimate of drug-likeness (QED) is 0.546. The molecule has 2 heterocycles. The number of aromatic nitrogens is 2. The van der Waals surface area contributed by atoms with E-state index in [0.29, 0.717) is 24.1 Å². The van der Waals surface area contributed by atoms with E-state index in [1.807, 2.05) is 0 Å². The normalized spacial score (nSPS) is 17.8. The van der Waals surface area contributed by atoms with Crippen LogP contribution >= 0.6 is 23.2 Å². The lowest BCUT2D eigenvalue weighted by atomic mass is 9.90. The van der Waals surface area contributed by atoms with Gasteiger partial charge in [-0.05, 0) is 48.2 Å². The van der Waals surface area contributed by atoms with Gasteiger partial charge in [-0.2, -0.15) is 4.31 Å². The van der Waals surface area contributed by atoms with Crippen LogP contribution in [0.5, 0.6) is 0 Å². The van der Waals surface area contributed by atoms with E-state index in [1.165, 1.54) is 46.9 Å². The van der Waals surface area contributed by atoms with Crippen LogP contribution in [0.25, 0.3) is 0 Å². The van der Waals surface area contributed by atoms with E-state index in [2.05, 4.69) is 9.97 Å². The number of nitrogens with zero attached hydrogens (tertiary/aromatic N) is 2. The molecule has 1 atom stereocenters. The van der Waals surface area contributed by atoms with Crippen LogP contribution in [0.4, 0.5) is 8.78 Å². The minimum Gasteiger partial charge on any atom is -0.331 e. The van der Waals surface area contributed by atoms with E-state index in [1.54, 1.807) is 0 Å². The average Bonchev–Trinajstić information content (AvgIpc) is 3.24. The summed E-state index contributed by atoms with van der Waals surface area (Å²) in [6.45, 7) is 0.593. The number of rotatable bonds is 5. The Labute approximate surface area is 194 Å². The second-order valence-electron chi connectivity index (χ2n) is 7.68. The summed E-state index contributed by atoms with van der Waals surface area (Å²) in [4.78, 5) is 7.16. The van der Waals surface area contributed by atoms with Gasteiger partial charge in [0.2, 0.25) is 0 Å². The maximum atomic E-state index is 13.8. The standard InChI is InChI=1S/C21H20Cl2F2N4O2S/c22-15-8-12(3-5-17(15)24)20(13-4-6-18(25)16(23)9-13)21-27-10-19(28-21)32(30,31)29-7-1-2-14(26)11-29/h3-6,8-10,14,20H,1-2,7,11,26H2,(H,27,28). The van der Waals surface area contributed by atoms with Gasteiger partial charge in [0.05, 0.1) is 22.2 Å². The number of sulfonamides is 1. The molecule has 1 unspecified atom stereocenters. The van der Waals surface area contributed by atoms with Crippen molar-refractivity contribution in [2.75, 3.05) is 13.1 Å². The number of imidazole rings is 1. The molecule has 170 valence electrons. The van der Waals surface area contributed by atoms with E-state index < -0.39 is 27.6 Å². The fourth-order valence-electron chi connectivity index (χ4n) is 3.82. The van der Waals surface area contributed by atoms with Gasteiger partial charge in [0.15, 0.2) is 5.03 Å². The highest BCUT2D eigenvalue weighted by atomic mass is 35.5. The fourth-order valence-corrected chi connectivity index (χ4v) is 5.65. The van der Waals surface area contributed by atoms with Crippen LogP contribution in [-0.4, -0.2) is 41.8 Å². The summed E-state index contributed by atoms with van der Waals surface area (Å²) in [7, 11) is -3.84. The minimum atomic E-state index is -3.84. The van der Waals surface area contributed by atoms with Crippen LogP contribution in [0.15, 0.2) is 47.6 Å². The number of piperidine rings is 1. The Morgan fingerprint density at radius 1 is 1.09 bits per heavy atom. The largest absolute Gasteiger partial charge is 0.331 e. The summed E-state index contributed by atoms with van der Waals surface area (Å²) in [5, 5.41) is -0.308. The Hall–Kier alpha value is -2.04. The van der Waals surface area contributed by atoms with Gasteiger partial charge < -0.3 is 10.7 Å². The van der Waals surface area contributed by atoms with Crippen molar-refractivity contribution in [1.29, 1.82) is 0 Å². The zero-order valence-corrected chi connectivity index (χ0v) is 19.1. The monoisotopic (exact) mass is 500 g/mol. The zero-order chi connectivity index (χ0) is 23.0. The minimum absolute atomic E-state index is 0.0898. The molecule has 1 saturated heterocycles. The van der Waals surface area contributed by atoms with Gasteiger partial charge in [-0.1, -0.05) is 35.3 Å². The van der Waals surface area contributed by atoms with E-state index >= 15 is 0 Å². The lowest BCUT2D eigenvalue weighted by Gasteiger charge is -2.29. The molecule has 3 N–H and O–H groups in total. The van der Waals surface area contributed by atoms with Gasteiger partial charge in [0.25, 0.3) is 10.0 Å². The summed E-state index contributed by atoms with van der Waals surface area (Å²) >= 11 is 12.0. The molecule has 0 aliphatic carbocycles. The molecule has 1 aliphatic rings. The first-order valence-electron chi connectivity index (χ1n) is 9.87. The second-order valence-corrected chi connectivity index (χ2v) is 10.4. The van der Waals surface area contributed by atoms with Crippen molar-refractivity contribution in [3.63, 3.8) is 0 Å². The predicted octanol–water partition coefficient (Wildman–Crippen LogP) is 4.29. The van der Waals surface area contributed by atoms with Crippen molar-refractivity contribution in [1.82, 2.24) is 14.3 Å². The highest BCUT2D eigenvalue weighted by Gasteiger charge is 2.32. The molecule has 0 bridgehead atoms. The number of hydrogen-bond acceptors (Lipinski definition) is 4. The molecule has 0 saturated carbocycles. The van der Waals surface area contributed by atoms with Crippen LogP contribution in [-0.2, 0) is 10.0 Å². The third kappa shape index (κ3) is 4.53. The molecule has 0 amide bonds. The summed E-state index contributed by atoms with van der Waals surface area (Å²) in [5.41, 5.74) is 6.99. The summed E-state index contributed by atoms with van der Waals surface area (Å²) in [6, 6.07) is 8.01. The molecule has 1 aliphatic heterocycles. The number of H-pyrrole nitrogens is 1. The molecule has 6 nitrogen and oxygen atoms in total. The van der Waals surface area contributed by atoms with E-state index in [0.717, 1.165) is 6.42 Å². The molecule has 32 heavy (non-hydrogen) atoms. The average molecular weight is 501 g/mol. The SMILES string of the molecule is NC1CCCN(S(=O)(=O)c2cnc(C(c3ccc(F)c(Cl)c3)c3ccc(F)c(Cl)c3)[nH]2)C1. The van der Waals surface area contributed by atoms with Crippen molar-refractivity contribution in [3.05, 3.63) is 81.2 Å². The van der Waals surface area contributed by atoms with Crippen molar-refractivity contribution < 1.29 is 17.2 Å². The lowest BCUT2D eigenvalue weighted by Crippen LogP contribution is -2.45. The third-order valence-corrected chi connectivity index (χ3v) is 7.79.